The number of hydrogen-bond acceptors (Lipinski definition) is 3. The number of rotatable bonds is 3. The second kappa shape index (κ2) is 6.52. The van der Waals surface area contributed by atoms with Gasteiger partial charge >= 0.3 is 0 Å². The van der Waals surface area contributed by atoms with Gasteiger partial charge in [0.25, 0.3) is 0 Å². The number of nitrogens with zero attached hydrogens (tertiary/aromatic N) is 2. The highest BCUT2D eigenvalue weighted by molar-refractivity contribution is 5.86. The third kappa shape index (κ3) is 3.02. The maximum Gasteiger partial charge on any atom is 0.242 e. The Labute approximate surface area is 130 Å². The van der Waals surface area contributed by atoms with Crippen molar-refractivity contribution in [1.29, 1.82) is 0 Å². The molecule has 2 amide bonds. The molecule has 2 aliphatic rings. The van der Waals surface area contributed by atoms with Gasteiger partial charge in [-0.1, -0.05) is 0 Å². The summed E-state index contributed by atoms with van der Waals surface area (Å²) in [5, 5.41) is 2.80. The maximum atomic E-state index is 12.4. The van der Waals surface area contributed by atoms with E-state index in [4.69, 9.17) is 4.74 Å². The van der Waals surface area contributed by atoms with Crippen LogP contribution in [-0.4, -0.2) is 47.6 Å². The monoisotopic (exact) mass is 305 g/mol. The largest absolute Gasteiger partial charge is 0.381 e. The summed E-state index contributed by atoms with van der Waals surface area (Å²) in [6, 6.07) is 4.11. The molecule has 22 heavy (non-hydrogen) atoms. The standard InChI is InChI=1S/C16H23N3O3/c1-12-14-3-2-6-18(14)7-8-19(12)15(20)11-17-16(21)13-4-9-22-10-5-13/h2-3,6,12-13H,4-5,7-11H2,1H3,(H,17,21)/t12-/m1/s1. The molecular formula is C16H23N3O3. The molecule has 0 unspecified atom stereocenters. The van der Waals surface area contributed by atoms with Crippen LogP contribution in [0.1, 0.15) is 31.5 Å². The number of nitrogens with one attached hydrogen (secondary N) is 1. The van der Waals surface area contributed by atoms with Gasteiger partial charge in [0, 0.05) is 44.1 Å². The van der Waals surface area contributed by atoms with Crippen molar-refractivity contribution in [2.24, 2.45) is 5.92 Å². The number of hydrogen-bond donors (Lipinski definition) is 1. The van der Waals surface area contributed by atoms with Gasteiger partial charge in [-0.3, -0.25) is 9.59 Å². The number of carbonyl (C=O) groups excluding carboxylic acids is 2. The minimum Gasteiger partial charge on any atom is -0.381 e. The van der Waals surface area contributed by atoms with Crippen LogP contribution in [0.5, 0.6) is 0 Å². The zero-order chi connectivity index (χ0) is 15.5. The highest BCUT2D eigenvalue weighted by atomic mass is 16.5. The predicted molar refractivity (Wildman–Crippen MR) is 81.1 cm³/mol. The van der Waals surface area contributed by atoms with Crippen LogP contribution in [0.3, 0.4) is 0 Å². The summed E-state index contributed by atoms with van der Waals surface area (Å²) in [6.07, 6.45) is 3.53. The number of ether oxygens (including phenoxy) is 1. The summed E-state index contributed by atoms with van der Waals surface area (Å²) in [6.45, 7) is 4.88. The Hall–Kier alpha value is -1.82. The van der Waals surface area contributed by atoms with Gasteiger partial charge in [-0.15, -0.1) is 0 Å². The quantitative estimate of drug-likeness (QED) is 0.904. The van der Waals surface area contributed by atoms with Crippen LogP contribution in [0.15, 0.2) is 18.3 Å². The van der Waals surface area contributed by atoms with E-state index in [-0.39, 0.29) is 30.3 Å². The Balaban J connectivity index is 1.53. The van der Waals surface area contributed by atoms with E-state index >= 15 is 0 Å². The summed E-state index contributed by atoms with van der Waals surface area (Å²) in [7, 11) is 0. The van der Waals surface area contributed by atoms with Gasteiger partial charge in [0.1, 0.15) is 0 Å². The van der Waals surface area contributed by atoms with Gasteiger partial charge in [0.2, 0.25) is 11.8 Å². The lowest BCUT2D eigenvalue weighted by molar-refractivity contribution is -0.137. The lowest BCUT2D eigenvalue weighted by atomic mass is 9.99. The molecule has 3 heterocycles. The van der Waals surface area contributed by atoms with E-state index < -0.39 is 0 Å². The minimum absolute atomic E-state index is 0.0136. The Bertz CT molecular complexity index is 549. The van der Waals surface area contributed by atoms with Crippen molar-refractivity contribution in [3.8, 4) is 0 Å². The molecule has 6 heteroatoms. The lowest BCUT2D eigenvalue weighted by Gasteiger charge is -2.35. The van der Waals surface area contributed by atoms with Crippen molar-refractivity contribution in [2.45, 2.75) is 32.4 Å². The first-order chi connectivity index (χ1) is 10.7. The fraction of sp³-hybridized carbons (Fsp3) is 0.625. The average Bonchev–Trinajstić information content (AvgIpc) is 3.03. The topological polar surface area (TPSA) is 63.6 Å². The summed E-state index contributed by atoms with van der Waals surface area (Å²) in [5.41, 5.74) is 1.15. The van der Waals surface area contributed by atoms with Crippen molar-refractivity contribution in [2.75, 3.05) is 26.3 Å². The number of carbonyl (C=O) groups is 2. The fourth-order valence-corrected chi connectivity index (χ4v) is 3.29. The summed E-state index contributed by atoms with van der Waals surface area (Å²) in [5.74, 6) is -0.0531. The van der Waals surface area contributed by atoms with Crippen LogP contribution in [0.25, 0.3) is 0 Å². The van der Waals surface area contributed by atoms with Gasteiger partial charge in [-0.2, -0.15) is 0 Å². The molecule has 1 fully saturated rings. The molecule has 1 aromatic heterocycles. The first-order valence-electron chi connectivity index (χ1n) is 7.97. The first kappa shape index (κ1) is 15.1. The van der Waals surface area contributed by atoms with Crippen LogP contribution < -0.4 is 5.32 Å². The Morgan fingerprint density at radius 1 is 1.32 bits per heavy atom. The smallest absolute Gasteiger partial charge is 0.242 e. The van der Waals surface area contributed by atoms with Crippen LogP contribution in [0.4, 0.5) is 0 Å². The summed E-state index contributed by atoms with van der Waals surface area (Å²) >= 11 is 0. The molecule has 0 radical (unpaired) electrons. The van der Waals surface area contributed by atoms with Crippen LogP contribution in [-0.2, 0) is 20.9 Å². The second-order valence-electron chi connectivity index (χ2n) is 5.99. The molecule has 120 valence electrons. The Morgan fingerprint density at radius 2 is 2.09 bits per heavy atom. The van der Waals surface area contributed by atoms with Crippen molar-refractivity contribution < 1.29 is 14.3 Å². The summed E-state index contributed by atoms with van der Waals surface area (Å²) < 4.78 is 7.43. The normalized spacial score (nSPS) is 22.2. The molecule has 6 nitrogen and oxygen atoms in total. The molecule has 1 saturated heterocycles. The van der Waals surface area contributed by atoms with Crippen molar-refractivity contribution >= 4 is 11.8 Å². The van der Waals surface area contributed by atoms with Crippen molar-refractivity contribution in [1.82, 2.24) is 14.8 Å². The molecular weight excluding hydrogens is 282 g/mol. The van der Waals surface area contributed by atoms with Gasteiger partial charge in [0.05, 0.1) is 12.6 Å². The minimum atomic E-state index is -0.0234. The third-order valence-corrected chi connectivity index (χ3v) is 4.67. The third-order valence-electron chi connectivity index (χ3n) is 4.67. The SMILES string of the molecule is C[C@@H]1c2cccn2CCN1C(=O)CNC(=O)C1CCOCC1. The van der Waals surface area contributed by atoms with E-state index in [1.165, 1.54) is 0 Å². The van der Waals surface area contributed by atoms with Gasteiger partial charge in [0.15, 0.2) is 0 Å². The molecule has 0 aromatic carbocycles. The van der Waals surface area contributed by atoms with E-state index in [1.807, 2.05) is 30.2 Å². The van der Waals surface area contributed by atoms with E-state index in [1.54, 1.807) is 0 Å². The van der Waals surface area contributed by atoms with E-state index in [0.717, 1.165) is 25.1 Å². The van der Waals surface area contributed by atoms with Crippen LogP contribution >= 0.6 is 0 Å². The fourth-order valence-electron chi connectivity index (χ4n) is 3.29. The molecule has 0 aliphatic carbocycles. The van der Waals surface area contributed by atoms with Gasteiger partial charge in [-0.25, -0.2) is 0 Å². The van der Waals surface area contributed by atoms with E-state index in [0.29, 0.717) is 19.8 Å². The lowest BCUT2D eigenvalue weighted by Crippen LogP contribution is -2.46. The molecule has 0 bridgehead atoms. The van der Waals surface area contributed by atoms with E-state index in [2.05, 4.69) is 9.88 Å². The molecule has 1 N–H and O–H groups in total. The highest BCUT2D eigenvalue weighted by Gasteiger charge is 2.28. The first-order valence-corrected chi connectivity index (χ1v) is 7.97. The maximum absolute atomic E-state index is 12.4. The zero-order valence-electron chi connectivity index (χ0n) is 13.0. The average molecular weight is 305 g/mol. The number of fused-ring (bicyclic) bond motifs is 1. The summed E-state index contributed by atoms with van der Waals surface area (Å²) in [4.78, 5) is 26.3. The van der Waals surface area contributed by atoms with Crippen LogP contribution in [0, 0.1) is 5.92 Å². The number of aromatic nitrogens is 1. The Kier molecular flexibility index (Phi) is 4.47. The molecule has 2 aliphatic heterocycles. The van der Waals surface area contributed by atoms with Crippen LogP contribution in [0.2, 0.25) is 0 Å². The van der Waals surface area contributed by atoms with Crippen molar-refractivity contribution in [3.63, 3.8) is 0 Å². The molecule has 0 saturated carbocycles. The molecule has 0 spiro atoms. The zero-order valence-corrected chi connectivity index (χ0v) is 13.0. The Morgan fingerprint density at radius 3 is 2.86 bits per heavy atom. The second-order valence-corrected chi connectivity index (χ2v) is 5.99. The van der Waals surface area contributed by atoms with Crippen molar-refractivity contribution in [3.05, 3.63) is 24.0 Å². The predicted octanol–water partition coefficient (Wildman–Crippen LogP) is 0.934. The molecule has 1 atom stereocenters. The highest BCUT2D eigenvalue weighted by Crippen LogP contribution is 2.25. The van der Waals surface area contributed by atoms with E-state index in [9.17, 15) is 9.59 Å². The molecule has 3 rings (SSSR count). The molecule has 1 aromatic rings. The van der Waals surface area contributed by atoms with Gasteiger partial charge in [-0.05, 0) is 31.9 Å². The van der Waals surface area contributed by atoms with Gasteiger partial charge < -0.3 is 19.5 Å². The number of amides is 2.